The summed E-state index contributed by atoms with van der Waals surface area (Å²) < 4.78 is 10.5. The number of thioether (sulfide) groups is 1. The molecule has 2 atom stereocenters. The van der Waals surface area contributed by atoms with Crippen LogP contribution in [0.15, 0.2) is 24.3 Å². The number of aliphatic carboxylic acids is 1. The highest BCUT2D eigenvalue weighted by molar-refractivity contribution is 7.98. The van der Waals surface area contributed by atoms with Gasteiger partial charge >= 0.3 is 11.9 Å². The van der Waals surface area contributed by atoms with E-state index < -0.39 is 29.5 Å². The third-order valence-electron chi connectivity index (χ3n) is 3.34. The SMILES string of the molecule is COc1ccc(CSCC(C[C@@H](N)C(=O)O)C(=O)OC(C)(C)C)cc1.Cl. The van der Waals surface area contributed by atoms with Crippen LogP contribution in [0.1, 0.15) is 32.8 Å². The predicted molar refractivity (Wildman–Crippen MR) is 106 cm³/mol. The van der Waals surface area contributed by atoms with E-state index in [-0.39, 0.29) is 18.8 Å². The molecule has 0 aliphatic heterocycles. The third kappa shape index (κ3) is 9.31. The molecule has 0 radical (unpaired) electrons. The van der Waals surface area contributed by atoms with Gasteiger partial charge in [0, 0.05) is 11.5 Å². The van der Waals surface area contributed by atoms with Gasteiger partial charge in [-0.25, -0.2) is 0 Å². The maximum absolute atomic E-state index is 12.3. The Labute approximate surface area is 165 Å². The molecule has 0 spiro atoms. The van der Waals surface area contributed by atoms with E-state index in [4.69, 9.17) is 20.3 Å². The summed E-state index contributed by atoms with van der Waals surface area (Å²) in [5.41, 5.74) is 6.08. The van der Waals surface area contributed by atoms with Crippen molar-refractivity contribution in [2.75, 3.05) is 12.9 Å². The fraction of sp³-hybridized carbons (Fsp3) is 0.556. The second-order valence-electron chi connectivity index (χ2n) is 6.77. The molecule has 0 bridgehead atoms. The molecule has 0 heterocycles. The first-order chi connectivity index (χ1) is 11.6. The Kier molecular flexibility index (Phi) is 10.7. The minimum absolute atomic E-state index is 0. The quantitative estimate of drug-likeness (QED) is 0.609. The highest BCUT2D eigenvalue weighted by Gasteiger charge is 2.29. The molecule has 1 unspecified atom stereocenters. The lowest BCUT2D eigenvalue weighted by Gasteiger charge is -2.24. The van der Waals surface area contributed by atoms with E-state index >= 15 is 0 Å². The van der Waals surface area contributed by atoms with Crippen molar-refractivity contribution in [3.05, 3.63) is 29.8 Å². The molecule has 6 nitrogen and oxygen atoms in total. The van der Waals surface area contributed by atoms with Crippen molar-refractivity contribution in [2.45, 2.75) is 44.6 Å². The molecule has 0 aromatic heterocycles. The lowest BCUT2D eigenvalue weighted by Crippen LogP contribution is -2.37. The first-order valence-electron chi connectivity index (χ1n) is 8.04. The van der Waals surface area contributed by atoms with E-state index in [1.807, 2.05) is 24.3 Å². The number of ether oxygens (including phenoxy) is 2. The molecule has 148 valence electrons. The van der Waals surface area contributed by atoms with Crippen molar-refractivity contribution in [1.29, 1.82) is 0 Å². The number of hydrogen-bond donors (Lipinski definition) is 2. The topological polar surface area (TPSA) is 98.9 Å². The van der Waals surface area contributed by atoms with Gasteiger partial charge in [-0.05, 0) is 44.9 Å². The molecule has 1 rings (SSSR count). The number of halogens is 1. The average Bonchev–Trinajstić information content (AvgIpc) is 2.52. The van der Waals surface area contributed by atoms with Crippen molar-refractivity contribution in [2.24, 2.45) is 11.7 Å². The molecule has 0 amide bonds. The van der Waals surface area contributed by atoms with E-state index in [2.05, 4.69) is 0 Å². The molecule has 1 aromatic rings. The number of nitrogens with two attached hydrogens (primary N) is 1. The summed E-state index contributed by atoms with van der Waals surface area (Å²) in [5.74, 6) is -0.158. The zero-order chi connectivity index (χ0) is 19.0. The summed E-state index contributed by atoms with van der Waals surface area (Å²) in [7, 11) is 1.61. The number of esters is 1. The van der Waals surface area contributed by atoms with Crippen molar-refractivity contribution in [3.8, 4) is 5.75 Å². The molecular formula is C18H28ClNO5S. The van der Waals surface area contributed by atoms with Crippen LogP contribution >= 0.6 is 24.2 Å². The van der Waals surface area contributed by atoms with Crippen LogP contribution in [0.2, 0.25) is 0 Å². The van der Waals surface area contributed by atoms with Crippen LogP contribution in [-0.4, -0.2) is 41.6 Å². The van der Waals surface area contributed by atoms with Gasteiger partial charge in [0.2, 0.25) is 0 Å². The van der Waals surface area contributed by atoms with Crippen LogP contribution in [0.3, 0.4) is 0 Å². The summed E-state index contributed by atoms with van der Waals surface area (Å²) in [5, 5.41) is 9.00. The van der Waals surface area contributed by atoms with Crippen molar-refractivity contribution in [1.82, 2.24) is 0 Å². The maximum Gasteiger partial charge on any atom is 0.320 e. The van der Waals surface area contributed by atoms with Crippen molar-refractivity contribution < 1.29 is 24.2 Å². The van der Waals surface area contributed by atoms with Gasteiger partial charge in [0.05, 0.1) is 13.0 Å². The van der Waals surface area contributed by atoms with Crippen LogP contribution in [0, 0.1) is 5.92 Å². The summed E-state index contributed by atoms with van der Waals surface area (Å²) in [6, 6.07) is 6.58. The Morgan fingerprint density at radius 3 is 2.27 bits per heavy atom. The molecule has 0 fully saturated rings. The molecule has 1 aromatic carbocycles. The molecule has 0 aliphatic carbocycles. The van der Waals surface area contributed by atoms with E-state index in [0.717, 1.165) is 11.3 Å². The Morgan fingerprint density at radius 2 is 1.81 bits per heavy atom. The van der Waals surface area contributed by atoms with Crippen molar-refractivity contribution in [3.63, 3.8) is 0 Å². The largest absolute Gasteiger partial charge is 0.497 e. The van der Waals surface area contributed by atoms with Gasteiger partial charge in [-0.15, -0.1) is 12.4 Å². The van der Waals surface area contributed by atoms with E-state index in [0.29, 0.717) is 11.5 Å². The van der Waals surface area contributed by atoms with E-state index in [1.165, 1.54) is 0 Å². The van der Waals surface area contributed by atoms with E-state index in [1.54, 1.807) is 39.6 Å². The van der Waals surface area contributed by atoms with Crippen LogP contribution in [0.4, 0.5) is 0 Å². The third-order valence-corrected chi connectivity index (χ3v) is 4.52. The molecule has 0 saturated heterocycles. The fourth-order valence-corrected chi connectivity index (χ4v) is 3.17. The minimum atomic E-state index is -1.12. The van der Waals surface area contributed by atoms with Crippen LogP contribution in [0.25, 0.3) is 0 Å². The van der Waals surface area contributed by atoms with Crippen LogP contribution in [0.5, 0.6) is 5.75 Å². The standard InChI is InChI=1S/C18H27NO5S.ClH/c1-18(2,3)24-17(22)13(9-15(19)16(20)21)11-25-10-12-5-7-14(23-4)8-6-12;/h5-8,13,15H,9-11,19H2,1-4H3,(H,20,21);1H/t13?,15-;/m1./s1. The molecular weight excluding hydrogens is 378 g/mol. The molecule has 0 saturated carbocycles. The van der Waals surface area contributed by atoms with Gasteiger partial charge in [-0.3, -0.25) is 9.59 Å². The smallest absolute Gasteiger partial charge is 0.320 e. The van der Waals surface area contributed by atoms with Gasteiger partial charge in [-0.2, -0.15) is 11.8 Å². The zero-order valence-electron chi connectivity index (χ0n) is 15.6. The lowest BCUT2D eigenvalue weighted by atomic mass is 10.0. The summed E-state index contributed by atoms with van der Waals surface area (Å²) in [6.45, 7) is 5.34. The average molecular weight is 406 g/mol. The van der Waals surface area contributed by atoms with E-state index in [9.17, 15) is 9.59 Å². The number of benzene rings is 1. The monoisotopic (exact) mass is 405 g/mol. The molecule has 0 aliphatic rings. The number of methoxy groups -OCH3 is 1. The number of carbonyl (C=O) groups excluding carboxylic acids is 1. The second kappa shape index (κ2) is 11.3. The van der Waals surface area contributed by atoms with Gasteiger partial charge in [0.25, 0.3) is 0 Å². The fourth-order valence-electron chi connectivity index (χ4n) is 2.07. The highest BCUT2D eigenvalue weighted by atomic mass is 35.5. The van der Waals surface area contributed by atoms with Crippen LogP contribution in [-0.2, 0) is 20.1 Å². The Balaban J connectivity index is 0.00000625. The lowest BCUT2D eigenvalue weighted by molar-refractivity contribution is -0.159. The van der Waals surface area contributed by atoms with Crippen LogP contribution < -0.4 is 10.5 Å². The van der Waals surface area contributed by atoms with Gasteiger partial charge in [0.15, 0.2) is 0 Å². The number of rotatable bonds is 9. The Morgan fingerprint density at radius 1 is 1.23 bits per heavy atom. The maximum atomic E-state index is 12.3. The van der Waals surface area contributed by atoms with Gasteiger partial charge in [-0.1, -0.05) is 12.1 Å². The number of carbonyl (C=O) groups is 2. The summed E-state index contributed by atoms with van der Waals surface area (Å²) in [6.07, 6.45) is 0.0554. The first-order valence-corrected chi connectivity index (χ1v) is 9.19. The summed E-state index contributed by atoms with van der Waals surface area (Å²) in [4.78, 5) is 23.3. The Hall–Kier alpha value is -1.44. The summed E-state index contributed by atoms with van der Waals surface area (Å²) >= 11 is 1.55. The normalized spacial score (nSPS) is 13.3. The predicted octanol–water partition coefficient (Wildman–Crippen LogP) is 3.11. The first kappa shape index (κ1) is 24.6. The molecule has 8 heteroatoms. The highest BCUT2D eigenvalue weighted by Crippen LogP contribution is 2.23. The minimum Gasteiger partial charge on any atom is -0.497 e. The number of carboxylic acid groups (broad SMARTS) is 1. The second-order valence-corrected chi connectivity index (χ2v) is 7.80. The van der Waals surface area contributed by atoms with Gasteiger partial charge in [0.1, 0.15) is 17.4 Å². The van der Waals surface area contributed by atoms with Crippen molar-refractivity contribution >= 4 is 36.1 Å². The van der Waals surface area contributed by atoms with Gasteiger partial charge < -0.3 is 20.3 Å². The number of carboxylic acids is 1. The Bertz CT molecular complexity index is 574. The molecule has 3 N–H and O–H groups in total. The molecule has 26 heavy (non-hydrogen) atoms. The number of hydrogen-bond acceptors (Lipinski definition) is 6. The zero-order valence-corrected chi connectivity index (χ0v) is 17.2.